The van der Waals surface area contributed by atoms with Gasteiger partial charge in [0.2, 0.25) is 0 Å². The van der Waals surface area contributed by atoms with E-state index in [-0.39, 0.29) is 22.7 Å². The second kappa shape index (κ2) is 5.54. The van der Waals surface area contributed by atoms with Crippen molar-refractivity contribution >= 4 is 28.0 Å². The van der Waals surface area contributed by atoms with Gasteiger partial charge in [0.05, 0.1) is 5.52 Å². The molecule has 6 heteroatoms. The average Bonchev–Trinajstić information content (AvgIpc) is 3.39. The summed E-state index contributed by atoms with van der Waals surface area (Å²) in [5.74, 6) is -1.74. The van der Waals surface area contributed by atoms with Gasteiger partial charge in [-0.05, 0) is 42.5 Å². The van der Waals surface area contributed by atoms with E-state index in [0.29, 0.717) is 5.39 Å². The fourth-order valence-corrected chi connectivity index (χ4v) is 3.76. The number of fused-ring (bicyclic) bond motifs is 3. The topological polar surface area (TPSA) is 85.3 Å². The summed E-state index contributed by atoms with van der Waals surface area (Å²) < 4.78 is 7.23. The molecule has 134 valence electrons. The van der Waals surface area contributed by atoms with Gasteiger partial charge in [-0.3, -0.25) is 4.79 Å². The van der Waals surface area contributed by atoms with E-state index in [1.165, 1.54) is 0 Å². The second-order valence-electron chi connectivity index (χ2n) is 6.91. The molecule has 6 nitrogen and oxygen atoms in total. The van der Waals surface area contributed by atoms with Crippen molar-refractivity contribution in [3.8, 4) is 11.1 Å². The first-order valence-electron chi connectivity index (χ1n) is 8.83. The summed E-state index contributed by atoms with van der Waals surface area (Å²) in [7, 11) is 0. The maximum Gasteiger partial charge on any atom is 0.392 e. The van der Waals surface area contributed by atoms with Crippen molar-refractivity contribution in [2.45, 2.75) is 25.8 Å². The maximum absolute atomic E-state index is 13.1. The lowest BCUT2D eigenvalue weighted by molar-refractivity contribution is 0.0656. The van der Waals surface area contributed by atoms with E-state index in [2.05, 4.69) is 4.98 Å². The summed E-state index contributed by atoms with van der Waals surface area (Å²) in [5, 5.41) is 9.94. The molecule has 1 aliphatic rings. The number of hydrogen-bond donors (Lipinski definition) is 1. The van der Waals surface area contributed by atoms with Gasteiger partial charge < -0.3 is 14.1 Å². The molecule has 2 aromatic carbocycles. The van der Waals surface area contributed by atoms with Crippen LogP contribution in [0.5, 0.6) is 0 Å². The summed E-state index contributed by atoms with van der Waals surface area (Å²) in [6, 6.07) is 14.0. The maximum atomic E-state index is 13.1. The van der Waals surface area contributed by atoms with Crippen LogP contribution in [0.1, 0.15) is 35.1 Å². The van der Waals surface area contributed by atoms with Gasteiger partial charge in [-0.15, -0.1) is 0 Å². The molecule has 2 aromatic heterocycles. The molecule has 2 heterocycles. The minimum absolute atomic E-state index is 0.0821. The standard InChI is InChI=1S/C21H16N2O4/c1-11-14(12-5-3-2-4-6-12)9-10-15-17(11)23(13-7-8-13)20(24)16-18(15)27-19(22-16)21(25)26/h2-6,9-10,13H,7-8H2,1H3,(H,25,26). The smallest absolute Gasteiger partial charge is 0.392 e. The Bertz CT molecular complexity index is 1280. The monoisotopic (exact) mass is 360 g/mol. The van der Waals surface area contributed by atoms with Gasteiger partial charge >= 0.3 is 11.9 Å². The highest BCUT2D eigenvalue weighted by Crippen LogP contribution is 2.40. The number of benzene rings is 2. The molecule has 0 saturated heterocycles. The predicted octanol–water partition coefficient (Wildman–Crippen LogP) is 4.15. The van der Waals surface area contributed by atoms with Crippen LogP contribution in [-0.2, 0) is 0 Å². The van der Waals surface area contributed by atoms with Gasteiger partial charge in [0, 0.05) is 11.4 Å². The highest BCUT2D eigenvalue weighted by molar-refractivity contribution is 6.05. The Kier molecular flexibility index (Phi) is 3.25. The zero-order valence-electron chi connectivity index (χ0n) is 14.6. The molecule has 0 bridgehead atoms. The Hall–Kier alpha value is -3.41. The van der Waals surface area contributed by atoms with Crippen LogP contribution in [0.15, 0.2) is 51.7 Å². The Balaban J connectivity index is 1.93. The molecule has 0 spiro atoms. The molecule has 1 N–H and O–H groups in total. The van der Waals surface area contributed by atoms with Crippen molar-refractivity contribution in [3.63, 3.8) is 0 Å². The van der Waals surface area contributed by atoms with E-state index in [1.807, 2.05) is 49.4 Å². The molecule has 0 amide bonds. The summed E-state index contributed by atoms with van der Waals surface area (Å²) >= 11 is 0. The van der Waals surface area contributed by atoms with Crippen molar-refractivity contribution in [3.05, 3.63) is 64.3 Å². The lowest BCUT2D eigenvalue weighted by Gasteiger charge is -2.15. The van der Waals surface area contributed by atoms with E-state index in [9.17, 15) is 14.7 Å². The van der Waals surface area contributed by atoms with E-state index < -0.39 is 11.9 Å². The van der Waals surface area contributed by atoms with Crippen LogP contribution in [0.2, 0.25) is 0 Å². The number of oxazole rings is 1. The number of aromatic carboxylic acids is 1. The van der Waals surface area contributed by atoms with Crippen LogP contribution < -0.4 is 5.56 Å². The zero-order chi connectivity index (χ0) is 18.7. The Morgan fingerprint density at radius 1 is 1.19 bits per heavy atom. The first kappa shape index (κ1) is 15.8. The van der Waals surface area contributed by atoms with Crippen molar-refractivity contribution in [1.82, 2.24) is 9.55 Å². The summed E-state index contributed by atoms with van der Waals surface area (Å²) in [5.41, 5.74) is 3.90. The first-order chi connectivity index (χ1) is 13.1. The molecular formula is C21H16N2O4. The zero-order valence-corrected chi connectivity index (χ0v) is 14.6. The van der Waals surface area contributed by atoms with Crippen LogP contribution >= 0.6 is 0 Å². The largest absolute Gasteiger partial charge is 0.474 e. The summed E-state index contributed by atoms with van der Waals surface area (Å²) in [4.78, 5) is 28.3. The minimum atomic E-state index is -1.28. The van der Waals surface area contributed by atoms with Crippen LogP contribution in [0, 0.1) is 6.92 Å². The molecule has 27 heavy (non-hydrogen) atoms. The SMILES string of the molecule is Cc1c(-c2ccccc2)ccc2c3oc(C(=O)O)nc3c(=O)n(C3CC3)c12. The highest BCUT2D eigenvalue weighted by atomic mass is 16.4. The van der Waals surface area contributed by atoms with E-state index in [4.69, 9.17) is 4.42 Å². The Morgan fingerprint density at radius 2 is 1.93 bits per heavy atom. The van der Waals surface area contributed by atoms with Crippen LogP contribution in [0.25, 0.3) is 33.1 Å². The highest BCUT2D eigenvalue weighted by Gasteiger charge is 2.30. The van der Waals surface area contributed by atoms with Gasteiger partial charge in [0.1, 0.15) is 0 Å². The summed E-state index contributed by atoms with van der Waals surface area (Å²) in [6.07, 6.45) is 1.86. The molecule has 0 aliphatic heterocycles. The number of carbonyl (C=O) groups is 1. The number of aryl methyl sites for hydroxylation is 1. The average molecular weight is 360 g/mol. The minimum Gasteiger partial charge on any atom is -0.474 e. The van der Waals surface area contributed by atoms with Gasteiger partial charge in [0.15, 0.2) is 11.1 Å². The Morgan fingerprint density at radius 3 is 2.59 bits per heavy atom. The molecular weight excluding hydrogens is 344 g/mol. The van der Waals surface area contributed by atoms with E-state index >= 15 is 0 Å². The third kappa shape index (κ3) is 2.30. The van der Waals surface area contributed by atoms with Crippen LogP contribution in [-0.4, -0.2) is 20.6 Å². The van der Waals surface area contributed by atoms with Crippen molar-refractivity contribution in [2.75, 3.05) is 0 Å². The number of rotatable bonds is 3. The molecule has 0 radical (unpaired) electrons. The third-order valence-electron chi connectivity index (χ3n) is 5.14. The fourth-order valence-electron chi connectivity index (χ4n) is 3.76. The first-order valence-corrected chi connectivity index (χ1v) is 8.83. The molecule has 1 fully saturated rings. The van der Waals surface area contributed by atoms with Crippen molar-refractivity contribution < 1.29 is 14.3 Å². The number of carboxylic acid groups (broad SMARTS) is 1. The predicted molar refractivity (Wildman–Crippen MR) is 101 cm³/mol. The second-order valence-corrected chi connectivity index (χ2v) is 6.91. The number of carboxylic acids is 1. The number of nitrogens with zero attached hydrogens (tertiary/aromatic N) is 2. The van der Waals surface area contributed by atoms with Gasteiger partial charge in [-0.1, -0.05) is 36.4 Å². The van der Waals surface area contributed by atoms with Gasteiger partial charge in [-0.25, -0.2) is 4.79 Å². The number of hydrogen-bond acceptors (Lipinski definition) is 4. The normalized spacial score (nSPS) is 14.1. The number of aromatic nitrogens is 2. The molecule has 4 aromatic rings. The van der Waals surface area contributed by atoms with Crippen molar-refractivity contribution in [1.29, 1.82) is 0 Å². The van der Waals surface area contributed by atoms with Gasteiger partial charge in [-0.2, -0.15) is 4.98 Å². The molecule has 0 atom stereocenters. The van der Waals surface area contributed by atoms with E-state index in [0.717, 1.165) is 35.0 Å². The number of pyridine rings is 1. The van der Waals surface area contributed by atoms with Gasteiger partial charge in [0.25, 0.3) is 5.56 Å². The lowest BCUT2D eigenvalue weighted by Crippen LogP contribution is -2.20. The quantitative estimate of drug-likeness (QED) is 0.593. The van der Waals surface area contributed by atoms with Crippen LogP contribution in [0.4, 0.5) is 0 Å². The molecule has 1 aliphatic carbocycles. The molecule has 0 unspecified atom stereocenters. The summed E-state index contributed by atoms with van der Waals surface area (Å²) in [6.45, 7) is 1.99. The van der Waals surface area contributed by atoms with Crippen molar-refractivity contribution in [2.24, 2.45) is 0 Å². The van der Waals surface area contributed by atoms with Crippen LogP contribution in [0.3, 0.4) is 0 Å². The molecule has 1 saturated carbocycles. The Labute approximate surface area is 153 Å². The lowest BCUT2D eigenvalue weighted by atomic mass is 9.97. The fraction of sp³-hybridized carbons (Fsp3) is 0.190. The van der Waals surface area contributed by atoms with E-state index in [1.54, 1.807) is 4.57 Å². The third-order valence-corrected chi connectivity index (χ3v) is 5.14. The molecule has 5 rings (SSSR count).